The lowest BCUT2D eigenvalue weighted by atomic mass is 9.93. The topological polar surface area (TPSA) is 60.2 Å². The monoisotopic (exact) mass is 221 g/mol. The highest BCUT2D eigenvalue weighted by atomic mass is 16.5. The van der Waals surface area contributed by atoms with E-state index in [9.17, 15) is 0 Å². The van der Waals surface area contributed by atoms with Crippen LogP contribution in [-0.4, -0.2) is 24.2 Å². The zero-order valence-corrected chi connectivity index (χ0v) is 9.65. The molecule has 0 bridgehead atoms. The van der Waals surface area contributed by atoms with Gasteiger partial charge in [0.15, 0.2) is 0 Å². The van der Waals surface area contributed by atoms with Crippen molar-refractivity contribution in [3.05, 3.63) is 18.3 Å². The van der Waals surface area contributed by atoms with Gasteiger partial charge in [0.25, 0.3) is 0 Å². The van der Waals surface area contributed by atoms with Crippen molar-refractivity contribution >= 4 is 11.5 Å². The standard InChI is InChI=1S/C12H19N3O/c1-9(10-4-7-16-8-5-10)15-12-11(13)3-2-6-14-12/h2-3,6,9-10H,4-5,7-8,13H2,1H3,(H,14,15). The molecule has 2 heterocycles. The van der Waals surface area contributed by atoms with Crippen LogP contribution in [0.25, 0.3) is 0 Å². The molecule has 2 rings (SSSR count). The summed E-state index contributed by atoms with van der Waals surface area (Å²) in [5, 5.41) is 3.39. The molecule has 16 heavy (non-hydrogen) atoms. The minimum absolute atomic E-state index is 0.390. The molecule has 3 N–H and O–H groups in total. The number of ether oxygens (including phenoxy) is 1. The van der Waals surface area contributed by atoms with E-state index in [-0.39, 0.29) is 0 Å². The molecule has 0 saturated carbocycles. The van der Waals surface area contributed by atoms with Crippen LogP contribution in [0.15, 0.2) is 18.3 Å². The third-order valence-electron chi connectivity index (χ3n) is 3.18. The Hall–Kier alpha value is -1.29. The fourth-order valence-corrected chi connectivity index (χ4v) is 2.09. The van der Waals surface area contributed by atoms with Crippen molar-refractivity contribution in [2.75, 3.05) is 24.3 Å². The number of nitrogens with two attached hydrogens (primary N) is 1. The van der Waals surface area contributed by atoms with Gasteiger partial charge in [0.1, 0.15) is 5.82 Å². The SMILES string of the molecule is CC(Nc1ncccc1N)C1CCOCC1. The summed E-state index contributed by atoms with van der Waals surface area (Å²) in [5.41, 5.74) is 6.56. The highest BCUT2D eigenvalue weighted by Crippen LogP contribution is 2.23. The Morgan fingerprint density at radius 1 is 1.50 bits per heavy atom. The van der Waals surface area contributed by atoms with Crippen LogP contribution < -0.4 is 11.1 Å². The Morgan fingerprint density at radius 3 is 2.94 bits per heavy atom. The van der Waals surface area contributed by atoms with E-state index in [1.165, 1.54) is 0 Å². The molecular formula is C12H19N3O. The van der Waals surface area contributed by atoms with E-state index < -0.39 is 0 Å². The maximum atomic E-state index is 5.85. The highest BCUT2D eigenvalue weighted by molar-refractivity contribution is 5.60. The normalized spacial score (nSPS) is 19.3. The van der Waals surface area contributed by atoms with E-state index in [0.29, 0.717) is 17.6 Å². The van der Waals surface area contributed by atoms with Gasteiger partial charge in [-0.2, -0.15) is 0 Å². The summed E-state index contributed by atoms with van der Waals surface area (Å²) in [5.74, 6) is 1.44. The molecule has 4 nitrogen and oxygen atoms in total. The first kappa shape index (κ1) is 11.2. The molecule has 1 fully saturated rings. The number of anilines is 2. The quantitative estimate of drug-likeness (QED) is 0.818. The molecule has 1 atom stereocenters. The smallest absolute Gasteiger partial charge is 0.149 e. The average Bonchev–Trinajstić information content (AvgIpc) is 2.33. The molecule has 1 aliphatic heterocycles. The van der Waals surface area contributed by atoms with Crippen LogP contribution in [0.3, 0.4) is 0 Å². The molecule has 1 unspecified atom stereocenters. The maximum absolute atomic E-state index is 5.85. The van der Waals surface area contributed by atoms with E-state index in [0.717, 1.165) is 31.9 Å². The molecule has 0 aromatic carbocycles. The van der Waals surface area contributed by atoms with E-state index in [1.54, 1.807) is 6.20 Å². The molecule has 0 spiro atoms. The molecular weight excluding hydrogens is 202 g/mol. The van der Waals surface area contributed by atoms with Crippen molar-refractivity contribution in [2.45, 2.75) is 25.8 Å². The van der Waals surface area contributed by atoms with E-state index >= 15 is 0 Å². The summed E-state index contributed by atoms with van der Waals surface area (Å²) in [4.78, 5) is 4.25. The summed E-state index contributed by atoms with van der Waals surface area (Å²) < 4.78 is 5.36. The second kappa shape index (κ2) is 5.16. The zero-order valence-electron chi connectivity index (χ0n) is 9.65. The Morgan fingerprint density at radius 2 is 2.25 bits per heavy atom. The largest absolute Gasteiger partial charge is 0.396 e. The molecule has 1 aromatic heterocycles. The number of nitrogens with one attached hydrogen (secondary N) is 1. The van der Waals surface area contributed by atoms with Crippen molar-refractivity contribution in [3.63, 3.8) is 0 Å². The molecule has 1 aromatic rings. The predicted octanol–water partition coefficient (Wildman–Crippen LogP) is 1.89. The van der Waals surface area contributed by atoms with Crippen LogP contribution in [0.1, 0.15) is 19.8 Å². The molecule has 1 saturated heterocycles. The number of pyridine rings is 1. The maximum Gasteiger partial charge on any atom is 0.149 e. The van der Waals surface area contributed by atoms with Crippen LogP contribution in [0.2, 0.25) is 0 Å². The van der Waals surface area contributed by atoms with Gasteiger partial charge >= 0.3 is 0 Å². The van der Waals surface area contributed by atoms with E-state index in [1.807, 2.05) is 12.1 Å². The Labute approximate surface area is 96.2 Å². The third-order valence-corrected chi connectivity index (χ3v) is 3.18. The molecule has 0 amide bonds. The minimum Gasteiger partial charge on any atom is -0.396 e. The first-order valence-corrected chi connectivity index (χ1v) is 5.82. The number of nitrogen functional groups attached to an aromatic ring is 1. The van der Waals surface area contributed by atoms with Crippen molar-refractivity contribution in [1.82, 2.24) is 4.98 Å². The van der Waals surface area contributed by atoms with Gasteiger partial charge in [0.2, 0.25) is 0 Å². The molecule has 4 heteroatoms. The van der Waals surface area contributed by atoms with E-state index in [2.05, 4.69) is 17.2 Å². The van der Waals surface area contributed by atoms with Gasteiger partial charge in [0.05, 0.1) is 5.69 Å². The van der Waals surface area contributed by atoms with Gasteiger partial charge in [-0.25, -0.2) is 4.98 Å². The second-order valence-electron chi connectivity index (χ2n) is 4.32. The number of aromatic nitrogens is 1. The number of nitrogens with zero attached hydrogens (tertiary/aromatic N) is 1. The fraction of sp³-hybridized carbons (Fsp3) is 0.583. The average molecular weight is 221 g/mol. The van der Waals surface area contributed by atoms with Crippen molar-refractivity contribution in [2.24, 2.45) is 5.92 Å². The van der Waals surface area contributed by atoms with Crippen molar-refractivity contribution in [1.29, 1.82) is 0 Å². The fourth-order valence-electron chi connectivity index (χ4n) is 2.09. The van der Waals surface area contributed by atoms with Gasteiger partial charge in [-0.1, -0.05) is 0 Å². The summed E-state index contributed by atoms with van der Waals surface area (Å²) in [6.07, 6.45) is 3.98. The summed E-state index contributed by atoms with van der Waals surface area (Å²) in [6, 6.07) is 4.10. The third kappa shape index (κ3) is 2.64. The lowest BCUT2D eigenvalue weighted by Gasteiger charge is -2.28. The van der Waals surface area contributed by atoms with E-state index in [4.69, 9.17) is 10.5 Å². The minimum atomic E-state index is 0.390. The Kier molecular flexibility index (Phi) is 3.62. The summed E-state index contributed by atoms with van der Waals surface area (Å²) in [7, 11) is 0. The first-order chi connectivity index (χ1) is 7.77. The van der Waals surface area contributed by atoms with Crippen LogP contribution >= 0.6 is 0 Å². The highest BCUT2D eigenvalue weighted by Gasteiger charge is 2.20. The lowest BCUT2D eigenvalue weighted by molar-refractivity contribution is 0.0622. The van der Waals surface area contributed by atoms with Gasteiger partial charge in [-0.15, -0.1) is 0 Å². The van der Waals surface area contributed by atoms with Gasteiger partial charge in [-0.05, 0) is 37.8 Å². The Bertz CT molecular complexity index is 337. The summed E-state index contributed by atoms with van der Waals surface area (Å²) in [6.45, 7) is 3.92. The predicted molar refractivity (Wildman–Crippen MR) is 65.3 cm³/mol. The van der Waals surface area contributed by atoms with Gasteiger partial charge in [0, 0.05) is 25.5 Å². The Balaban J connectivity index is 1.96. The number of hydrogen-bond donors (Lipinski definition) is 2. The van der Waals surface area contributed by atoms with Gasteiger partial charge in [-0.3, -0.25) is 0 Å². The van der Waals surface area contributed by atoms with Gasteiger partial charge < -0.3 is 15.8 Å². The van der Waals surface area contributed by atoms with Crippen LogP contribution in [0, 0.1) is 5.92 Å². The zero-order chi connectivity index (χ0) is 11.4. The molecule has 0 aliphatic carbocycles. The van der Waals surface area contributed by atoms with Crippen LogP contribution in [0.4, 0.5) is 11.5 Å². The van der Waals surface area contributed by atoms with Crippen LogP contribution in [-0.2, 0) is 4.74 Å². The number of hydrogen-bond acceptors (Lipinski definition) is 4. The molecule has 88 valence electrons. The summed E-state index contributed by atoms with van der Waals surface area (Å²) >= 11 is 0. The first-order valence-electron chi connectivity index (χ1n) is 5.82. The van der Waals surface area contributed by atoms with Crippen LogP contribution in [0.5, 0.6) is 0 Å². The van der Waals surface area contributed by atoms with Crippen molar-refractivity contribution < 1.29 is 4.74 Å². The second-order valence-corrected chi connectivity index (χ2v) is 4.32. The van der Waals surface area contributed by atoms with Crippen molar-refractivity contribution in [3.8, 4) is 0 Å². The number of rotatable bonds is 3. The molecule has 1 aliphatic rings. The molecule has 0 radical (unpaired) electrons. The lowest BCUT2D eigenvalue weighted by Crippen LogP contribution is -2.31.